The molecule has 0 unspecified atom stereocenters. The molecule has 60 valence electrons. The van der Waals surface area contributed by atoms with E-state index >= 15 is 0 Å². The van der Waals surface area contributed by atoms with Crippen LogP contribution in [0.4, 0.5) is 0 Å². The van der Waals surface area contributed by atoms with Crippen LogP contribution in [0.1, 0.15) is 32.1 Å². The summed E-state index contributed by atoms with van der Waals surface area (Å²) in [6, 6.07) is 0. The van der Waals surface area contributed by atoms with Gasteiger partial charge in [-0.3, -0.25) is 0 Å². The maximum absolute atomic E-state index is 10.2. The Morgan fingerprint density at radius 1 is 1.27 bits per heavy atom. The Kier molecular flexibility index (Phi) is 6.35. The normalized spacial score (nSPS) is 21.9. The second-order valence-corrected chi connectivity index (χ2v) is 2.80. The number of hydroxylamine groups is 1. The van der Waals surface area contributed by atoms with Crippen molar-refractivity contribution in [3.05, 3.63) is 4.91 Å². The summed E-state index contributed by atoms with van der Waals surface area (Å²) >= 11 is 0. The van der Waals surface area contributed by atoms with Crippen LogP contribution in [0.5, 0.6) is 0 Å². The van der Waals surface area contributed by atoms with Gasteiger partial charge in [0.2, 0.25) is 0 Å². The van der Waals surface area contributed by atoms with Crippen LogP contribution in [-0.2, 0) is 0 Å². The van der Waals surface area contributed by atoms with Gasteiger partial charge in [0.15, 0.2) is 5.66 Å². The van der Waals surface area contributed by atoms with Crippen molar-refractivity contribution in [3.8, 4) is 0 Å². The number of rotatable bonds is 2. The summed E-state index contributed by atoms with van der Waals surface area (Å²) in [6.45, 7) is 0. The zero-order valence-corrected chi connectivity index (χ0v) is 5.84. The number of nitroso groups, excluding NO2 is 1. The van der Waals surface area contributed by atoms with Crippen LogP contribution in [0.2, 0.25) is 0 Å². The van der Waals surface area contributed by atoms with Crippen molar-refractivity contribution in [2.24, 2.45) is 5.18 Å². The van der Waals surface area contributed by atoms with Crippen molar-refractivity contribution in [1.82, 2.24) is 5.48 Å². The Balaban J connectivity index is 0.000001000. The van der Waals surface area contributed by atoms with Crippen LogP contribution >= 0.6 is 0 Å². The molecule has 0 aliphatic heterocycles. The van der Waals surface area contributed by atoms with Gasteiger partial charge in [-0.15, -0.1) is 4.91 Å². The molecule has 1 aliphatic carbocycles. The number of nitrogens with one attached hydrogen (secondary N) is 1. The maximum atomic E-state index is 10.2. The molecule has 0 atom stereocenters. The van der Waals surface area contributed by atoms with Crippen molar-refractivity contribution in [3.63, 3.8) is 0 Å². The van der Waals surface area contributed by atoms with Gasteiger partial charge < -0.3 is 5.21 Å². The van der Waals surface area contributed by atoms with E-state index < -0.39 is 5.66 Å². The van der Waals surface area contributed by atoms with Crippen LogP contribution < -0.4 is 5.48 Å². The first-order chi connectivity index (χ1) is 4.83. The molecule has 0 heterocycles. The quantitative estimate of drug-likeness (QED) is 0.378. The molecule has 5 heteroatoms. The van der Waals surface area contributed by atoms with E-state index in [-0.39, 0.29) is 51.4 Å². The standard InChI is InChI=1S/C6H12N2O2.K.H/c9-7-6(8-10)4-2-1-3-5-6;;/h7,9H,1-5H2;;. The van der Waals surface area contributed by atoms with Crippen LogP contribution in [0, 0.1) is 4.91 Å². The van der Waals surface area contributed by atoms with E-state index in [0.717, 1.165) is 19.3 Å². The molecule has 1 saturated carbocycles. The van der Waals surface area contributed by atoms with Gasteiger partial charge in [-0.1, -0.05) is 6.42 Å². The van der Waals surface area contributed by atoms with Gasteiger partial charge in [0.25, 0.3) is 0 Å². The van der Waals surface area contributed by atoms with E-state index in [4.69, 9.17) is 5.21 Å². The van der Waals surface area contributed by atoms with Gasteiger partial charge in [0, 0.05) is 0 Å². The topological polar surface area (TPSA) is 61.7 Å². The third kappa shape index (κ3) is 3.18. The fraction of sp³-hybridized carbons (Fsp3) is 1.00. The van der Waals surface area contributed by atoms with Gasteiger partial charge in [0.05, 0.1) is 0 Å². The van der Waals surface area contributed by atoms with Gasteiger partial charge >= 0.3 is 51.4 Å². The Labute approximate surface area is 108 Å². The predicted octanol–water partition coefficient (Wildman–Crippen LogP) is 0.744. The molecule has 0 bridgehead atoms. The average Bonchev–Trinajstić information content (AvgIpc) is 2.06. The summed E-state index contributed by atoms with van der Waals surface area (Å²) < 4.78 is 0. The number of hydrogen-bond acceptors (Lipinski definition) is 4. The van der Waals surface area contributed by atoms with Gasteiger partial charge in [-0.25, -0.2) is 0 Å². The first-order valence-electron chi connectivity index (χ1n) is 3.59. The molecule has 0 spiro atoms. The molecule has 1 rings (SSSR count). The minimum atomic E-state index is -0.863. The predicted molar refractivity (Wildman–Crippen MR) is 43.7 cm³/mol. The van der Waals surface area contributed by atoms with Crippen LogP contribution in [0.15, 0.2) is 5.18 Å². The first-order valence-corrected chi connectivity index (χ1v) is 3.59. The molecule has 2 N–H and O–H groups in total. The van der Waals surface area contributed by atoms with Crippen molar-refractivity contribution in [2.45, 2.75) is 37.8 Å². The zero-order chi connectivity index (χ0) is 7.45. The third-order valence-corrected chi connectivity index (χ3v) is 2.06. The van der Waals surface area contributed by atoms with E-state index in [2.05, 4.69) is 5.18 Å². The molecule has 0 amide bonds. The fourth-order valence-corrected chi connectivity index (χ4v) is 1.36. The second kappa shape index (κ2) is 5.74. The molecule has 0 aromatic heterocycles. The molecule has 1 fully saturated rings. The summed E-state index contributed by atoms with van der Waals surface area (Å²) in [6.07, 6.45) is 4.40. The van der Waals surface area contributed by atoms with E-state index in [9.17, 15) is 4.91 Å². The van der Waals surface area contributed by atoms with E-state index in [1.165, 1.54) is 0 Å². The van der Waals surface area contributed by atoms with Crippen LogP contribution in [-0.4, -0.2) is 62.3 Å². The average molecular weight is 184 g/mol. The first kappa shape index (κ1) is 12.2. The Hall–Kier alpha value is 1.16. The van der Waals surface area contributed by atoms with Gasteiger partial charge in [-0.2, -0.15) is 5.48 Å². The molecule has 4 nitrogen and oxygen atoms in total. The molecule has 0 aromatic rings. The fourth-order valence-electron chi connectivity index (χ4n) is 1.36. The Morgan fingerprint density at radius 2 is 1.82 bits per heavy atom. The third-order valence-electron chi connectivity index (χ3n) is 2.06. The Morgan fingerprint density at radius 3 is 2.09 bits per heavy atom. The SMILES string of the molecule is O=NC1(NO)CCCCC1.[KH]. The van der Waals surface area contributed by atoms with Crippen molar-refractivity contribution in [1.29, 1.82) is 0 Å². The summed E-state index contributed by atoms with van der Waals surface area (Å²) in [5.41, 5.74) is 1.13. The number of hydrogen-bond donors (Lipinski definition) is 2. The Bertz CT molecular complexity index is 126. The minimum absolute atomic E-state index is 0. The molecule has 0 aromatic carbocycles. The van der Waals surface area contributed by atoms with Crippen molar-refractivity contribution >= 4 is 51.4 Å². The molecular formula is C6H13KN2O2. The number of nitrogens with zero attached hydrogens (tertiary/aromatic N) is 1. The van der Waals surface area contributed by atoms with Crippen LogP contribution in [0.3, 0.4) is 0 Å². The van der Waals surface area contributed by atoms with Crippen LogP contribution in [0.25, 0.3) is 0 Å². The van der Waals surface area contributed by atoms with E-state index in [1.807, 2.05) is 5.48 Å². The van der Waals surface area contributed by atoms with E-state index in [1.54, 1.807) is 0 Å². The molecule has 0 saturated heterocycles. The van der Waals surface area contributed by atoms with Crippen molar-refractivity contribution < 1.29 is 5.21 Å². The monoisotopic (exact) mass is 184 g/mol. The summed E-state index contributed by atoms with van der Waals surface area (Å²) in [7, 11) is 0. The summed E-state index contributed by atoms with van der Waals surface area (Å²) in [4.78, 5) is 10.2. The molecule has 0 radical (unpaired) electrons. The summed E-state index contributed by atoms with van der Waals surface area (Å²) in [5.74, 6) is 0. The van der Waals surface area contributed by atoms with E-state index in [0.29, 0.717) is 12.8 Å². The molecule has 11 heavy (non-hydrogen) atoms. The van der Waals surface area contributed by atoms with Gasteiger partial charge in [-0.05, 0) is 30.9 Å². The molecule has 1 aliphatic rings. The zero-order valence-electron chi connectivity index (χ0n) is 5.84. The van der Waals surface area contributed by atoms with Gasteiger partial charge in [0.1, 0.15) is 0 Å². The molecular weight excluding hydrogens is 171 g/mol. The van der Waals surface area contributed by atoms with Crippen molar-refractivity contribution in [2.75, 3.05) is 0 Å². The summed E-state index contributed by atoms with van der Waals surface area (Å²) in [5, 5.41) is 11.5. The second-order valence-electron chi connectivity index (χ2n) is 2.80.